The van der Waals surface area contributed by atoms with E-state index in [-0.39, 0.29) is 18.6 Å². The molecule has 2 saturated heterocycles. The third-order valence-corrected chi connectivity index (χ3v) is 5.09. The number of carbonyl (C=O) groups is 2. The Kier molecular flexibility index (Phi) is 7.24. The lowest BCUT2D eigenvalue weighted by Crippen LogP contribution is -2.35. The minimum absolute atomic E-state index is 0.0520. The largest absolute Gasteiger partial charge is 0.459 e. The summed E-state index contributed by atoms with van der Waals surface area (Å²) in [5.74, 6) is -0.350. The Bertz CT molecular complexity index is 635. The lowest BCUT2D eigenvalue weighted by atomic mass is 10.1. The topological polar surface area (TPSA) is 65.1 Å². The first-order chi connectivity index (χ1) is 13.1. The number of amides is 1. The first-order valence-corrected chi connectivity index (χ1v) is 9.91. The zero-order valence-corrected chi connectivity index (χ0v) is 16.0. The van der Waals surface area contributed by atoms with Crippen LogP contribution in [-0.2, 0) is 25.6 Å². The maximum absolute atomic E-state index is 12.6. The number of hydrogen-bond donors (Lipinski definition) is 0. The molecule has 3 rings (SSSR count). The number of rotatable bonds is 7. The molecule has 0 spiro atoms. The van der Waals surface area contributed by atoms with Gasteiger partial charge < -0.3 is 19.1 Å². The van der Waals surface area contributed by atoms with Crippen molar-refractivity contribution in [1.82, 2.24) is 4.90 Å². The first kappa shape index (κ1) is 19.8. The van der Waals surface area contributed by atoms with E-state index in [0.29, 0.717) is 12.2 Å². The molecule has 0 N–H and O–H groups in total. The molecule has 2 atom stereocenters. The molecule has 148 valence electrons. The minimum atomic E-state index is -0.632. The normalized spacial score (nSPS) is 21.1. The Hall–Kier alpha value is -1.92. The van der Waals surface area contributed by atoms with Gasteiger partial charge in [0.25, 0.3) is 5.91 Å². The summed E-state index contributed by atoms with van der Waals surface area (Å²) in [4.78, 5) is 26.6. The van der Waals surface area contributed by atoms with Crippen LogP contribution in [0.4, 0.5) is 0 Å². The summed E-state index contributed by atoms with van der Waals surface area (Å²) < 4.78 is 16.4. The zero-order chi connectivity index (χ0) is 19.1. The van der Waals surface area contributed by atoms with E-state index in [2.05, 4.69) is 0 Å². The van der Waals surface area contributed by atoms with E-state index in [1.807, 2.05) is 29.2 Å². The highest BCUT2D eigenvalue weighted by Crippen LogP contribution is 2.16. The Labute approximate surface area is 160 Å². The number of hydrogen-bond acceptors (Lipinski definition) is 5. The summed E-state index contributed by atoms with van der Waals surface area (Å²) in [7, 11) is 0. The molecule has 0 radical (unpaired) electrons. The van der Waals surface area contributed by atoms with Crippen LogP contribution in [0.15, 0.2) is 24.3 Å². The Morgan fingerprint density at radius 2 is 2.04 bits per heavy atom. The van der Waals surface area contributed by atoms with Crippen molar-refractivity contribution < 1.29 is 23.8 Å². The fraction of sp³-hybridized carbons (Fsp3) is 0.619. The molecule has 2 aliphatic heterocycles. The zero-order valence-electron chi connectivity index (χ0n) is 16.0. The first-order valence-electron chi connectivity index (χ1n) is 9.91. The van der Waals surface area contributed by atoms with Crippen molar-refractivity contribution in [2.75, 3.05) is 26.3 Å². The molecule has 0 saturated carbocycles. The van der Waals surface area contributed by atoms with Crippen LogP contribution < -0.4 is 0 Å². The van der Waals surface area contributed by atoms with Crippen molar-refractivity contribution in [2.24, 2.45) is 0 Å². The molecule has 2 unspecified atom stereocenters. The number of nitrogens with zero attached hydrogens (tertiary/aromatic N) is 1. The van der Waals surface area contributed by atoms with Gasteiger partial charge in [-0.05, 0) is 56.7 Å². The van der Waals surface area contributed by atoms with Crippen LogP contribution in [0.2, 0.25) is 0 Å². The van der Waals surface area contributed by atoms with Crippen LogP contribution in [0.1, 0.15) is 54.9 Å². The summed E-state index contributed by atoms with van der Waals surface area (Å²) in [5.41, 5.74) is 1.45. The molecule has 0 bridgehead atoms. The fourth-order valence-electron chi connectivity index (χ4n) is 3.44. The molecular weight excluding hydrogens is 346 g/mol. The Balaban J connectivity index is 1.47. The minimum Gasteiger partial charge on any atom is -0.459 e. The highest BCUT2D eigenvalue weighted by molar-refractivity contribution is 5.94. The molecule has 1 aromatic carbocycles. The van der Waals surface area contributed by atoms with Crippen LogP contribution in [0.3, 0.4) is 0 Å². The average molecular weight is 375 g/mol. The molecular formula is C21H29NO5. The third-order valence-electron chi connectivity index (χ3n) is 5.09. The van der Waals surface area contributed by atoms with Gasteiger partial charge in [0.1, 0.15) is 6.61 Å². The van der Waals surface area contributed by atoms with Crippen LogP contribution in [0.25, 0.3) is 0 Å². The molecule has 0 aromatic heterocycles. The van der Waals surface area contributed by atoms with Gasteiger partial charge in [-0.1, -0.05) is 12.1 Å². The van der Waals surface area contributed by atoms with Gasteiger partial charge in [-0.2, -0.15) is 0 Å². The summed E-state index contributed by atoms with van der Waals surface area (Å²) in [6, 6.07) is 7.31. The highest BCUT2D eigenvalue weighted by Gasteiger charge is 2.21. The number of carbonyl (C=O) groups excluding carboxylic acids is 2. The number of likely N-dealkylation sites (tertiary alicyclic amines) is 1. The van der Waals surface area contributed by atoms with Crippen molar-refractivity contribution in [3.63, 3.8) is 0 Å². The third kappa shape index (κ3) is 5.78. The van der Waals surface area contributed by atoms with Crippen molar-refractivity contribution in [3.8, 4) is 0 Å². The predicted octanol–water partition coefficient (Wildman–Crippen LogP) is 2.94. The van der Waals surface area contributed by atoms with Crippen LogP contribution in [0, 0.1) is 0 Å². The molecule has 6 heteroatoms. The van der Waals surface area contributed by atoms with E-state index in [1.54, 1.807) is 6.92 Å². The van der Waals surface area contributed by atoms with Crippen LogP contribution in [-0.4, -0.2) is 55.3 Å². The quantitative estimate of drug-likeness (QED) is 0.686. The van der Waals surface area contributed by atoms with E-state index >= 15 is 0 Å². The molecule has 1 aromatic rings. The number of esters is 1. The average Bonchev–Trinajstić information content (AvgIpc) is 3.24. The summed E-state index contributed by atoms with van der Waals surface area (Å²) in [6.07, 6.45) is 4.77. The van der Waals surface area contributed by atoms with Gasteiger partial charge in [0.05, 0.1) is 12.7 Å². The number of ether oxygens (including phenoxy) is 3. The summed E-state index contributed by atoms with van der Waals surface area (Å²) in [5, 5.41) is 0. The standard InChI is InChI=1S/C21H29NO5/c1-16(26-15-19-9-6-12-25-19)21(24)27-14-17-7-5-8-18(13-17)20(23)22-10-3-2-4-11-22/h5,7-8,13,16,19H,2-4,6,9-12,14-15H2,1H3. The van der Waals surface area contributed by atoms with Crippen LogP contribution >= 0.6 is 0 Å². The molecule has 2 fully saturated rings. The molecule has 6 nitrogen and oxygen atoms in total. The van der Waals surface area contributed by atoms with E-state index in [1.165, 1.54) is 6.42 Å². The Morgan fingerprint density at radius 1 is 1.22 bits per heavy atom. The molecule has 2 aliphatic rings. The lowest BCUT2D eigenvalue weighted by molar-refractivity contribution is -0.159. The van der Waals surface area contributed by atoms with Gasteiger partial charge in [-0.15, -0.1) is 0 Å². The van der Waals surface area contributed by atoms with Crippen molar-refractivity contribution in [1.29, 1.82) is 0 Å². The second-order valence-electron chi connectivity index (χ2n) is 7.27. The maximum Gasteiger partial charge on any atom is 0.335 e. The smallest absolute Gasteiger partial charge is 0.335 e. The van der Waals surface area contributed by atoms with Gasteiger partial charge in [0.15, 0.2) is 6.10 Å². The number of piperidine rings is 1. The fourth-order valence-corrected chi connectivity index (χ4v) is 3.44. The second-order valence-corrected chi connectivity index (χ2v) is 7.27. The lowest BCUT2D eigenvalue weighted by Gasteiger charge is -2.26. The van der Waals surface area contributed by atoms with E-state index in [0.717, 1.165) is 50.9 Å². The molecule has 0 aliphatic carbocycles. The van der Waals surface area contributed by atoms with Crippen molar-refractivity contribution >= 4 is 11.9 Å². The predicted molar refractivity (Wildman–Crippen MR) is 100 cm³/mol. The second kappa shape index (κ2) is 9.85. The molecule has 2 heterocycles. The van der Waals surface area contributed by atoms with Gasteiger partial charge in [-0.25, -0.2) is 4.79 Å². The highest BCUT2D eigenvalue weighted by atomic mass is 16.6. The van der Waals surface area contributed by atoms with Gasteiger partial charge in [0.2, 0.25) is 0 Å². The maximum atomic E-state index is 12.6. The number of benzene rings is 1. The Morgan fingerprint density at radius 3 is 2.78 bits per heavy atom. The van der Waals surface area contributed by atoms with E-state index < -0.39 is 12.1 Å². The van der Waals surface area contributed by atoms with E-state index in [4.69, 9.17) is 14.2 Å². The molecule has 27 heavy (non-hydrogen) atoms. The molecule has 1 amide bonds. The van der Waals surface area contributed by atoms with Crippen molar-refractivity contribution in [3.05, 3.63) is 35.4 Å². The van der Waals surface area contributed by atoms with Crippen LogP contribution in [0.5, 0.6) is 0 Å². The summed E-state index contributed by atoms with van der Waals surface area (Å²) in [6.45, 7) is 4.63. The van der Waals surface area contributed by atoms with Crippen molar-refractivity contribution in [2.45, 2.75) is 57.8 Å². The monoisotopic (exact) mass is 375 g/mol. The van der Waals surface area contributed by atoms with Gasteiger partial charge in [0, 0.05) is 25.3 Å². The van der Waals surface area contributed by atoms with Gasteiger partial charge >= 0.3 is 5.97 Å². The van der Waals surface area contributed by atoms with Gasteiger partial charge in [-0.3, -0.25) is 4.79 Å². The summed E-state index contributed by atoms with van der Waals surface area (Å²) >= 11 is 0. The van der Waals surface area contributed by atoms with E-state index in [9.17, 15) is 9.59 Å². The SMILES string of the molecule is CC(OCC1CCCO1)C(=O)OCc1cccc(C(=O)N2CCCCC2)c1.